The van der Waals surface area contributed by atoms with Gasteiger partial charge < -0.3 is 5.11 Å². The van der Waals surface area contributed by atoms with Crippen LogP contribution in [0.1, 0.15) is 25.5 Å². The van der Waals surface area contributed by atoms with Crippen molar-refractivity contribution in [1.82, 2.24) is 4.37 Å². The molecule has 0 aliphatic carbocycles. The summed E-state index contributed by atoms with van der Waals surface area (Å²) in [6.07, 6.45) is -0.304. The van der Waals surface area contributed by atoms with Crippen molar-refractivity contribution in [2.45, 2.75) is 25.9 Å². The Labute approximate surface area is 64.7 Å². The highest BCUT2D eigenvalue weighted by molar-refractivity contribution is 7.03. The Bertz CT molecular complexity index is 183. The molecule has 2 unspecified atom stereocenters. The van der Waals surface area contributed by atoms with Gasteiger partial charge in [-0.05, 0) is 24.5 Å². The number of hydrogen-bond donors (Lipinski definition) is 1. The third-order valence-corrected chi connectivity index (χ3v) is 2.22. The van der Waals surface area contributed by atoms with Gasteiger partial charge in [0.2, 0.25) is 0 Å². The maximum Gasteiger partial charge on any atom is 0.0595 e. The molecule has 1 aromatic rings. The molecule has 2 nitrogen and oxygen atoms in total. The quantitative estimate of drug-likeness (QED) is 0.707. The molecular weight excluding hydrogens is 146 g/mol. The minimum atomic E-state index is -0.304. The van der Waals surface area contributed by atoms with E-state index in [2.05, 4.69) is 4.37 Å². The molecule has 0 amide bonds. The maximum absolute atomic E-state index is 9.16. The second-order valence-corrected chi connectivity index (χ2v) is 3.12. The predicted molar refractivity (Wildman–Crippen MR) is 42.2 cm³/mol. The molecule has 1 N–H and O–H groups in total. The largest absolute Gasteiger partial charge is 0.393 e. The van der Waals surface area contributed by atoms with Crippen LogP contribution in [0, 0.1) is 0 Å². The Morgan fingerprint density at radius 3 is 2.70 bits per heavy atom. The van der Waals surface area contributed by atoms with Crippen LogP contribution >= 0.6 is 11.5 Å². The van der Waals surface area contributed by atoms with E-state index in [9.17, 15) is 0 Å². The summed E-state index contributed by atoms with van der Waals surface area (Å²) >= 11 is 1.42. The number of aliphatic hydroxyl groups is 1. The van der Waals surface area contributed by atoms with Crippen LogP contribution in [0.25, 0.3) is 0 Å². The van der Waals surface area contributed by atoms with E-state index >= 15 is 0 Å². The molecule has 0 bridgehead atoms. The molecule has 3 heteroatoms. The van der Waals surface area contributed by atoms with Crippen molar-refractivity contribution >= 4 is 11.5 Å². The zero-order valence-electron chi connectivity index (χ0n) is 6.11. The van der Waals surface area contributed by atoms with E-state index in [4.69, 9.17) is 5.11 Å². The summed E-state index contributed by atoms with van der Waals surface area (Å²) in [5, 5.41) is 11.1. The van der Waals surface area contributed by atoms with Crippen molar-refractivity contribution in [3.63, 3.8) is 0 Å². The first-order chi connectivity index (χ1) is 4.72. The Morgan fingerprint density at radius 1 is 1.60 bits per heavy atom. The highest BCUT2D eigenvalue weighted by Crippen LogP contribution is 2.17. The molecule has 0 spiro atoms. The van der Waals surface area contributed by atoms with Crippen molar-refractivity contribution in [1.29, 1.82) is 0 Å². The van der Waals surface area contributed by atoms with Crippen molar-refractivity contribution in [2.24, 2.45) is 0 Å². The van der Waals surface area contributed by atoms with Gasteiger partial charge in [0.25, 0.3) is 0 Å². The second-order valence-electron chi connectivity index (χ2n) is 2.45. The summed E-state index contributed by atoms with van der Waals surface area (Å²) in [5.74, 6) is 0.159. The Balaban J connectivity index is 2.68. The smallest absolute Gasteiger partial charge is 0.0595 e. The summed E-state index contributed by atoms with van der Waals surface area (Å²) < 4.78 is 4.12. The van der Waals surface area contributed by atoms with Crippen molar-refractivity contribution in [3.8, 4) is 0 Å². The molecule has 0 aliphatic rings. The highest BCUT2D eigenvalue weighted by atomic mass is 32.1. The van der Waals surface area contributed by atoms with E-state index < -0.39 is 0 Å². The average molecular weight is 157 g/mol. The van der Waals surface area contributed by atoms with Crippen molar-refractivity contribution in [2.75, 3.05) is 0 Å². The van der Waals surface area contributed by atoms with Gasteiger partial charge in [-0.1, -0.05) is 6.92 Å². The normalized spacial score (nSPS) is 16.7. The molecular formula is C7H11NOS. The molecule has 0 saturated carbocycles. The molecule has 1 heterocycles. The fourth-order valence-electron chi connectivity index (χ4n) is 0.704. The zero-order chi connectivity index (χ0) is 7.56. The summed E-state index contributed by atoms with van der Waals surface area (Å²) in [4.78, 5) is 0. The Kier molecular flexibility index (Phi) is 2.40. The first-order valence-corrected chi connectivity index (χ1v) is 4.14. The average Bonchev–Trinajstić information content (AvgIpc) is 2.36. The standard InChI is InChI=1S/C7H11NOS/c1-5(6(2)9)7-3-4-10-8-7/h3-6,9H,1-2H3. The van der Waals surface area contributed by atoms with E-state index in [1.807, 2.05) is 18.4 Å². The minimum Gasteiger partial charge on any atom is -0.393 e. The van der Waals surface area contributed by atoms with Gasteiger partial charge in [0.05, 0.1) is 11.8 Å². The molecule has 0 aromatic carbocycles. The van der Waals surface area contributed by atoms with Crippen LogP contribution in [0.15, 0.2) is 11.4 Å². The molecule has 0 radical (unpaired) electrons. The molecule has 0 fully saturated rings. The third-order valence-electron chi connectivity index (χ3n) is 1.65. The van der Waals surface area contributed by atoms with Crippen LogP contribution in [-0.4, -0.2) is 15.6 Å². The number of aromatic nitrogens is 1. The van der Waals surface area contributed by atoms with Crippen LogP contribution in [-0.2, 0) is 0 Å². The van der Waals surface area contributed by atoms with Crippen LogP contribution in [0.2, 0.25) is 0 Å². The maximum atomic E-state index is 9.16. The molecule has 1 aromatic heterocycles. The number of rotatable bonds is 2. The van der Waals surface area contributed by atoms with Crippen LogP contribution in [0.5, 0.6) is 0 Å². The van der Waals surface area contributed by atoms with Crippen LogP contribution in [0.4, 0.5) is 0 Å². The monoisotopic (exact) mass is 157 g/mol. The topological polar surface area (TPSA) is 33.1 Å². The SMILES string of the molecule is CC(O)C(C)c1ccsn1. The Morgan fingerprint density at radius 2 is 2.30 bits per heavy atom. The lowest BCUT2D eigenvalue weighted by Crippen LogP contribution is -2.10. The van der Waals surface area contributed by atoms with Gasteiger partial charge >= 0.3 is 0 Å². The molecule has 1 rings (SSSR count). The van der Waals surface area contributed by atoms with Gasteiger partial charge in [-0.3, -0.25) is 0 Å². The molecule has 10 heavy (non-hydrogen) atoms. The lowest BCUT2D eigenvalue weighted by molar-refractivity contribution is 0.167. The number of nitrogens with zero attached hydrogens (tertiary/aromatic N) is 1. The molecule has 0 saturated heterocycles. The summed E-state index contributed by atoms with van der Waals surface area (Å²) in [6, 6.07) is 1.95. The molecule has 56 valence electrons. The van der Waals surface area contributed by atoms with E-state index in [1.54, 1.807) is 6.92 Å². The minimum absolute atomic E-state index is 0.159. The van der Waals surface area contributed by atoms with E-state index in [0.717, 1.165) is 5.69 Å². The third kappa shape index (κ3) is 1.55. The summed E-state index contributed by atoms with van der Waals surface area (Å²) in [5.41, 5.74) is 0.986. The zero-order valence-corrected chi connectivity index (χ0v) is 6.93. The summed E-state index contributed by atoms with van der Waals surface area (Å²) in [6.45, 7) is 3.75. The lowest BCUT2D eigenvalue weighted by Gasteiger charge is -2.10. The Hall–Kier alpha value is -0.410. The van der Waals surface area contributed by atoms with E-state index in [-0.39, 0.29) is 12.0 Å². The van der Waals surface area contributed by atoms with Gasteiger partial charge in [0.1, 0.15) is 0 Å². The fourth-order valence-corrected chi connectivity index (χ4v) is 1.31. The van der Waals surface area contributed by atoms with E-state index in [0.29, 0.717) is 0 Å². The number of hydrogen-bond acceptors (Lipinski definition) is 3. The first kappa shape index (κ1) is 7.69. The van der Waals surface area contributed by atoms with Crippen LogP contribution < -0.4 is 0 Å². The summed E-state index contributed by atoms with van der Waals surface area (Å²) in [7, 11) is 0. The van der Waals surface area contributed by atoms with E-state index in [1.165, 1.54) is 11.5 Å². The van der Waals surface area contributed by atoms with Gasteiger partial charge in [0.15, 0.2) is 0 Å². The van der Waals surface area contributed by atoms with Gasteiger partial charge in [0, 0.05) is 11.3 Å². The number of aliphatic hydroxyl groups excluding tert-OH is 1. The fraction of sp³-hybridized carbons (Fsp3) is 0.571. The molecule has 2 atom stereocenters. The van der Waals surface area contributed by atoms with Crippen LogP contribution in [0.3, 0.4) is 0 Å². The predicted octanol–water partition coefficient (Wildman–Crippen LogP) is 1.63. The van der Waals surface area contributed by atoms with Gasteiger partial charge in [-0.2, -0.15) is 4.37 Å². The molecule has 0 aliphatic heterocycles. The van der Waals surface area contributed by atoms with Gasteiger partial charge in [-0.25, -0.2) is 0 Å². The van der Waals surface area contributed by atoms with Crippen molar-refractivity contribution < 1.29 is 5.11 Å². The lowest BCUT2D eigenvalue weighted by atomic mass is 10.0. The van der Waals surface area contributed by atoms with Crippen molar-refractivity contribution in [3.05, 3.63) is 17.1 Å². The van der Waals surface area contributed by atoms with Gasteiger partial charge in [-0.15, -0.1) is 0 Å². The first-order valence-electron chi connectivity index (χ1n) is 3.30. The highest BCUT2D eigenvalue weighted by Gasteiger charge is 2.12. The second kappa shape index (κ2) is 3.12.